The topological polar surface area (TPSA) is 35.6 Å². The van der Waals surface area contributed by atoms with E-state index in [1.54, 1.807) is 11.8 Å². The number of urea groups is 1. The lowest BCUT2D eigenvalue weighted by Gasteiger charge is -2.35. The van der Waals surface area contributed by atoms with E-state index in [0.717, 1.165) is 43.3 Å². The molecule has 3 rings (SSSR count). The minimum atomic E-state index is -0.00575. The molecule has 2 aromatic rings. The number of hydrogen-bond acceptors (Lipinski definition) is 3. The number of benzene rings is 2. The van der Waals surface area contributed by atoms with Crippen molar-refractivity contribution < 1.29 is 4.79 Å². The van der Waals surface area contributed by atoms with Crippen LogP contribution in [0.4, 0.5) is 10.5 Å². The predicted octanol–water partition coefficient (Wildman–Crippen LogP) is 4.07. The van der Waals surface area contributed by atoms with Crippen LogP contribution in [0.25, 0.3) is 0 Å². The minimum Gasteiger partial charge on any atom is -0.322 e. The first-order chi connectivity index (χ1) is 12.2. The molecule has 2 amide bonds. The molecule has 4 nitrogen and oxygen atoms in total. The van der Waals surface area contributed by atoms with Crippen LogP contribution in [0, 0.1) is 6.92 Å². The third-order valence-corrected chi connectivity index (χ3v) is 5.36. The second-order valence-electron chi connectivity index (χ2n) is 6.35. The molecule has 0 spiro atoms. The van der Waals surface area contributed by atoms with Crippen LogP contribution in [-0.4, -0.2) is 48.3 Å². The maximum absolute atomic E-state index is 12.5. The zero-order chi connectivity index (χ0) is 17.6. The van der Waals surface area contributed by atoms with Gasteiger partial charge in [0.2, 0.25) is 0 Å². The predicted molar refractivity (Wildman–Crippen MR) is 105 cm³/mol. The number of nitrogens with zero attached hydrogens (tertiary/aromatic N) is 2. The average Bonchev–Trinajstić information content (AvgIpc) is 2.64. The van der Waals surface area contributed by atoms with Crippen molar-refractivity contribution in [1.82, 2.24) is 9.80 Å². The Morgan fingerprint density at radius 1 is 1.08 bits per heavy atom. The van der Waals surface area contributed by atoms with Gasteiger partial charge in [0.05, 0.1) is 0 Å². The average molecular weight is 356 g/mol. The molecule has 1 N–H and O–H groups in total. The zero-order valence-corrected chi connectivity index (χ0v) is 15.7. The van der Waals surface area contributed by atoms with E-state index in [-0.39, 0.29) is 6.03 Å². The van der Waals surface area contributed by atoms with Gasteiger partial charge in [0.1, 0.15) is 0 Å². The van der Waals surface area contributed by atoms with Crippen LogP contribution >= 0.6 is 11.8 Å². The van der Waals surface area contributed by atoms with Gasteiger partial charge in [-0.3, -0.25) is 4.90 Å². The SMILES string of the molecule is CSc1cccc(NC(=O)N2CCN(Cc3ccccc3C)CC2)c1. The molecule has 25 heavy (non-hydrogen) atoms. The van der Waals surface area contributed by atoms with Gasteiger partial charge in [-0.1, -0.05) is 30.3 Å². The van der Waals surface area contributed by atoms with E-state index < -0.39 is 0 Å². The first-order valence-corrected chi connectivity index (χ1v) is 9.85. The van der Waals surface area contributed by atoms with Gasteiger partial charge in [0.15, 0.2) is 0 Å². The molecule has 0 aliphatic carbocycles. The molecule has 0 unspecified atom stereocenters. The monoisotopic (exact) mass is 355 g/mol. The molecule has 1 aliphatic heterocycles. The number of aryl methyl sites for hydroxylation is 1. The molecule has 1 saturated heterocycles. The highest BCUT2D eigenvalue weighted by atomic mass is 32.2. The van der Waals surface area contributed by atoms with Crippen molar-refractivity contribution in [1.29, 1.82) is 0 Å². The fraction of sp³-hybridized carbons (Fsp3) is 0.350. The molecule has 0 aromatic heterocycles. The van der Waals surface area contributed by atoms with Gasteiger partial charge in [-0.2, -0.15) is 0 Å². The lowest BCUT2D eigenvalue weighted by molar-refractivity contribution is 0.143. The van der Waals surface area contributed by atoms with Gasteiger partial charge in [-0.05, 0) is 42.5 Å². The van der Waals surface area contributed by atoms with Gasteiger partial charge in [0.25, 0.3) is 0 Å². The second-order valence-corrected chi connectivity index (χ2v) is 7.23. The molecule has 0 bridgehead atoms. The van der Waals surface area contributed by atoms with Crippen LogP contribution in [0.2, 0.25) is 0 Å². The van der Waals surface area contributed by atoms with Crippen LogP contribution in [0.3, 0.4) is 0 Å². The van der Waals surface area contributed by atoms with E-state index in [2.05, 4.69) is 41.4 Å². The summed E-state index contributed by atoms with van der Waals surface area (Å²) in [6, 6.07) is 16.5. The Morgan fingerprint density at radius 3 is 2.56 bits per heavy atom. The summed E-state index contributed by atoms with van der Waals surface area (Å²) in [5.74, 6) is 0. The molecular weight excluding hydrogens is 330 g/mol. The zero-order valence-electron chi connectivity index (χ0n) is 14.9. The first kappa shape index (κ1) is 17.8. The number of hydrogen-bond donors (Lipinski definition) is 1. The Bertz CT molecular complexity index is 726. The van der Waals surface area contributed by atoms with Crippen LogP contribution in [0.15, 0.2) is 53.4 Å². The van der Waals surface area contributed by atoms with Crippen molar-refractivity contribution in [2.75, 3.05) is 37.8 Å². The Balaban J connectivity index is 1.51. The van der Waals surface area contributed by atoms with E-state index in [1.807, 2.05) is 35.4 Å². The van der Waals surface area contributed by atoms with Crippen molar-refractivity contribution in [3.8, 4) is 0 Å². The van der Waals surface area contributed by atoms with E-state index >= 15 is 0 Å². The summed E-state index contributed by atoms with van der Waals surface area (Å²) in [6.45, 7) is 6.46. The molecule has 0 atom stereocenters. The van der Waals surface area contributed by atoms with Crippen molar-refractivity contribution in [3.05, 3.63) is 59.7 Å². The summed E-state index contributed by atoms with van der Waals surface area (Å²) in [5.41, 5.74) is 3.56. The van der Waals surface area contributed by atoms with Gasteiger partial charge in [0, 0.05) is 43.3 Å². The Morgan fingerprint density at radius 2 is 1.84 bits per heavy atom. The normalized spacial score (nSPS) is 15.2. The number of nitrogens with one attached hydrogen (secondary N) is 1. The maximum atomic E-state index is 12.5. The van der Waals surface area contributed by atoms with E-state index in [1.165, 1.54) is 11.1 Å². The lowest BCUT2D eigenvalue weighted by Crippen LogP contribution is -2.49. The number of thioether (sulfide) groups is 1. The van der Waals surface area contributed by atoms with Crippen LogP contribution in [0.5, 0.6) is 0 Å². The van der Waals surface area contributed by atoms with E-state index in [9.17, 15) is 4.79 Å². The van der Waals surface area contributed by atoms with Crippen LogP contribution in [-0.2, 0) is 6.54 Å². The number of rotatable bonds is 4. The molecule has 1 fully saturated rings. The largest absolute Gasteiger partial charge is 0.322 e. The van der Waals surface area contributed by atoms with Crippen molar-refractivity contribution in [2.24, 2.45) is 0 Å². The molecular formula is C20H25N3OS. The van der Waals surface area contributed by atoms with Gasteiger partial charge >= 0.3 is 6.03 Å². The van der Waals surface area contributed by atoms with E-state index in [4.69, 9.17) is 0 Å². The van der Waals surface area contributed by atoms with Crippen LogP contribution in [0.1, 0.15) is 11.1 Å². The molecule has 0 radical (unpaired) electrons. The van der Waals surface area contributed by atoms with E-state index in [0.29, 0.717) is 0 Å². The number of amides is 2. The summed E-state index contributed by atoms with van der Waals surface area (Å²) in [6.07, 6.45) is 2.04. The molecule has 1 aliphatic rings. The summed E-state index contributed by atoms with van der Waals surface area (Å²) >= 11 is 1.68. The highest BCUT2D eigenvalue weighted by Crippen LogP contribution is 2.19. The number of piperazine rings is 1. The van der Waals surface area contributed by atoms with Gasteiger partial charge < -0.3 is 10.2 Å². The Hall–Kier alpha value is -1.98. The fourth-order valence-corrected chi connectivity index (χ4v) is 3.50. The number of anilines is 1. The summed E-state index contributed by atoms with van der Waals surface area (Å²) in [4.78, 5) is 17.9. The fourth-order valence-electron chi connectivity index (χ4n) is 3.04. The smallest absolute Gasteiger partial charge is 0.321 e. The van der Waals surface area contributed by atoms with Crippen molar-refractivity contribution in [2.45, 2.75) is 18.4 Å². The van der Waals surface area contributed by atoms with Gasteiger partial charge in [-0.15, -0.1) is 11.8 Å². The standard InChI is InChI=1S/C20H25N3OS/c1-16-6-3-4-7-17(16)15-22-10-12-23(13-11-22)20(24)21-18-8-5-9-19(14-18)25-2/h3-9,14H,10-13,15H2,1-2H3,(H,21,24). The van der Waals surface area contributed by atoms with Crippen molar-refractivity contribution >= 4 is 23.5 Å². The second kappa shape index (κ2) is 8.41. The Kier molecular flexibility index (Phi) is 6.00. The Labute approximate surface area is 154 Å². The summed E-state index contributed by atoms with van der Waals surface area (Å²) < 4.78 is 0. The molecule has 5 heteroatoms. The number of carbonyl (C=O) groups excluding carboxylic acids is 1. The quantitative estimate of drug-likeness (QED) is 0.840. The minimum absolute atomic E-state index is 0.00575. The first-order valence-electron chi connectivity index (χ1n) is 8.62. The molecule has 2 aromatic carbocycles. The summed E-state index contributed by atoms with van der Waals surface area (Å²) in [5, 5.41) is 3.02. The molecule has 1 heterocycles. The highest BCUT2D eigenvalue weighted by Gasteiger charge is 2.21. The lowest BCUT2D eigenvalue weighted by atomic mass is 10.1. The van der Waals surface area contributed by atoms with Crippen LogP contribution < -0.4 is 5.32 Å². The highest BCUT2D eigenvalue weighted by molar-refractivity contribution is 7.98. The summed E-state index contributed by atoms with van der Waals surface area (Å²) in [7, 11) is 0. The third-order valence-electron chi connectivity index (χ3n) is 4.64. The van der Waals surface area contributed by atoms with Gasteiger partial charge in [-0.25, -0.2) is 4.79 Å². The number of carbonyl (C=O) groups is 1. The molecule has 0 saturated carbocycles. The maximum Gasteiger partial charge on any atom is 0.321 e. The van der Waals surface area contributed by atoms with Crippen molar-refractivity contribution in [3.63, 3.8) is 0 Å². The molecule has 132 valence electrons. The third kappa shape index (κ3) is 4.77.